The summed E-state index contributed by atoms with van der Waals surface area (Å²) in [6, 6.07) is 0. The summed E-state index contributed by atoms with van der Waals surface area (Å²) in [5, 5.41) is 0. The molecule has 2 atom stereocenters. The number of rotatable bonds is 5. The molecule has 0 aromatic heterocycles. The molecule has 0 aliphatic heterocycles. The van der Waals surface area contributed by atoms with E-state index in [0.29, 0.717) is 0 Å². The largest absolute Gasteiger partial charge is 0.373 e. The maximum absolute atomic E-state index is 5.59. The van der Waals surface area contributed by atoms with Gasteiger partial charge in [0.05, 0.1) is 0 Å². The molecule has 0 heterocycles. The smallest absolute Gasteiger partial charge is 0.101 e. The summed E-state index contributed by atoms with van der Waals surface area (Å²) in [6.45, 7) is 2.28. The molecule has 2 aliphatic carbocycles. The van der Waals surface area contributed by atoms with E-state index in [0.717, 1.165) is 5.92 Å². The van der Waals surface area contributed by atoms with Gasteiger partial charge in [0.25, 0.3) is 0 Å². The SMILES string of the molecule is CCCCCC1CCCC1=C1C=CC=CC1OC. The second-order valence-electron chi connectivity index (χ2n) is 5.47. The lowest BCUT2D eigenvalue weighted by Crippen LogP contribution is -2.15. The molecule has 0 spiro atoms. The summed E-state index contributed by atoms with van der Waals surface area (Å²) in [4.78, 5) is 0. The molecule has 18 heavy (non-hydrogen) atoms. The normalized spacial score (nSPS) is 31.2. The van der Waals surface area contributed by atoms with Crippen LogP contribution < -0.4 is 0 Å². The minimum Gasteiger partial charge on any atom is -0.373 e. The first-order chi connectivity index (χ1) is 8.86. The predicted molar refractivity (Wildman–Crippen MR) is 77.6 cm³/mol. The number of hydrogen-bond acceptors (Lipinski definition) is 1. The first kappa shape index (κ1) is 13.6. The van der Waals surface area contributed by atoms with Gasteiger partial charge in [-0.15, -0.1) is 0 Å². The van der Waals surface area contributed by atoms with Crippen molar-refractivity contribution in [1.29, 1.82) is 0 Å². The maximum atomic E-state index is 5.59. The molecule has 1 saturated carbocycles. The third-order valence-corrected chi connectivity index (χ3v) is 4.25. The lowest BCUT2D eigenvalue weighted by Gasteiger charge is -2.22. The average molecular weight is 246 g/mol. The van der Waals surface area contributed by atoms with Crippen molar-refractivity contribution in [3.63, 3.8) is 0 Å². The minimum absolute atomic E-state index is 0.191. The maximum Gasteiger partial charge on any atom is 0.101 e. The van der Waals surface area contributed by atoms with Gasteiger partial charge in [-0.05, 0) is 37.2 Å². The van der Waals surface area contributed by atoms with E-state index in [1.807, 2.05) is 7.11 Å². The highest BCUT2D eigenvalue weighted by Crippen LogP contribution is 2.39. The molecule has 1 heteroatoms. The zero-order chi connectivity index (χ0) is 12.8. The van der Waals surface area contributed by atoms with Crippen molar-refractivity contribution in [3.05, 3.63) is 35.5 Å². The van der Waals surface area contributed by atoms with Gasteiger partial charge in [0.1, 0.15) is 6.10 Å². The first-order valence-corrected chi connectivity index (χ1v) is 7.47. The number of allylic oxidation sites excluding steroid dienone is 3. The van der Waals surface area contributed by atoms with Crippen LogP contribution >= 0.6 is 0 Å². The van der Waals surface area contributed by atoms with E-state index in [9.17, 15) is 0 Å². The fourth-order valence-electron chi connectivity index (χ4n) is 3.27. The Morgan fingerprint density at radius 1 is 1.28 bits per heavy atom. The Hall–Kier alpha value is -0.820. The zero-order valence-corrected chi connectivity index (χ0v) is 11.8. The standard InChI is InChI=1S/C17H26O/c1-3-4-5-9-14-10-8-12-15(14)16-11-6-7-13-17(16)18-2/h6-7,11,13-14,17H,3-5,8-10,12H2,1-2H3. The van der Waals surface area contributed by atoms with Crippen LogP contribution in [0, 0.1) is 5.92 Å². The van der Waals surface area contributed by atoms with Crippen LogP contribution in [0.2, 0.25) is 0 Å². The highest BCUT2D eigenvalue weighted by atomic mass is 16.5. The van der Waals surface area contributed by atoms with E-state index in [4.69, 9.17) is 4.74 Å². The van der Waals surface area contributed by atoms with E-state index in [-0.39, 0.29) is 6.10 Å². The van der Waals surface area contributed by atoms with Crippen molar-refractivity contribution in [3.8, 4) is 0 Å². The Morgan fingerprint density at radius 2 is 2.17 bits per heavy atom. The van der Waals surface area contributed by atoms with Gasteiger partial charge in [-0.1, -0.05) is 56.1 Å². The summed E-state index contributed by atoms with van der Waals surface area (Å²) < 4.78 is 5.59. The van der Waals surface area contributed by atoms with Crippen molar-refractivity contribution in [2.75, 3.05) is 7.11 Å². The van der Waals surface area contributed by atoms with E-state index in [2.05, 4.69) is 31.2 Å². The molecule has 1 nitrogen and oxygen atoms in total. The van der Waals surface area contributed by atoms with Gasteiger partial charge in [0, 0.05) is 7.11 Å². The van der Waals surface area contributed by atoms with Crippen LogP contribution in [-0.4, -0.2) is 13.2 Å². The number of hydrogen-bond donors (Lipinski definition) is 0. The van der Waals surface area contributed by atoms with Crippen LogP contribution in [0.1, 0.15) is 51.9 Å². The molecule has 2 aliphatic rings. The summed E-state index contributed by atoms with van der Waals surface area (Å²) >= 11 is 0. The molecule has 1 fully saturated rings. The van der Waals surface area contributed by atoms with Crippen molar-refractivity contribution < 1.29 is 4.74 Å². The summed E-state index contributed by atoms with van der Waals surface area (Å²) in [7, 11) is 1.82. The summed E-state index contributed by atoms with van der Waals surface area (Å²) in [5.74, 6) is 0.820. The number of methoxy groups -OCH3 is 1. The lowest BCUT2D eigenvalue weighted by molar-refractivity contribution is 0.169. The quantitative estimate of drug-likeness (QED) is 0.633. The molecule has 2 unspecified atom stereocenters. The van der Waals surface area contributed by atoms with Crippen LogP contribution in [0.25, 0.3) is 0 Å². The fraction of sp³-hybridized carbons (Fsp3) is 0.647. The highest BCUT2D eigenvalue weighted by molar-refractivity contribution is 5.40. The van der Waals surface area contributed by atoms with Crippen molar-refractivity contribution in [2.45, 2.75) is 58.0 Å². The lowest BCUT2D eigenvalue weighted by atomic mass is 9.88. The second-order valence-corrected chi connectivity index (χ2v) is 5.47. The molecule has 0 N–H and O–H groups in total. The zero-order valence-electron chi connectivity index (χ0n) is 11.8. The highest BCUT2D eigenvalue weighted by Gasteiger charge is 2.25. The van der Waals surface area contributed by atoms with Crippen LogP contribution in [0.4, 0.5) is 0 Å². The minimum atomic E-state index is 0.191. The van der Waals surface area contributed by atoms with Gasteiger partial charge in [-0.3, -0.25) is 0 Å². The Labute approximate surface area is 112 Å². The molecule has 0 aromatic carbocycles. The Morgan fingerprint density at radius 3 is 2.94 bits per heavy atom. The molecule has 0 amide bonds. The van der Waals surface area contributed by atoms with Crippen molar-refractivity contribution >= 4 is 0 Å². The first-order valence-electron chi connectivity index (χ1n) is 7.47. The summed E-state index contributed by atoms with van der Waals surface area (Å²) in [6.07, 6.45) is 18.4. The monoisotopic (exact) mass is 246 g/mol. The Bertz CT molecular complexity index is 349. The van der Waals surface area contributed by atoms with Gasteiger partial charge in [0.2, 0.25) is 0 Å². The molecule has 0 radical (unpaired) electrons. The van der Waals surface area contributed by atoms with E-state index >= 15 is 0 Å². The number of unbranched alkanes of at least 4 members (excludes halogenated alkanes) is 2. The average Bonchev–Trinajstić information content (AvgIpc) is 2.87. The second kappa shape index (κ2) is 6.94. The topological polar surface area (TPSA) is 9.23 Å². The van der Waals surface area contributed by atoms with E-state index < -0.39 is 0 Å². The molecular formula is C17H26O. The van der Waals surface area contributed by atoms with Gasteiger partial charge in [0.15, 0.2) is 0 Å². The van der Waals surface area contributed by atoms with Crippen LogP contribution in [0.3, 0.4) is 0 Å². The van der Waals surface area contributed by atoms with Gasteiger partial charge >= 0.3 is 0 Å². The molecule has 0 bridgehead atoms. The molecular weight excluding hydrogens is 220 g/mol. The Balaban J connectivity index is 2.08. The Kier molecular flexibility index (Phi) is 5.25. The van der Waals surface area contributed by atoms with Gasteiger partial charge in [-0.2, -0.15) is 0 Å². The van der Waals surface area contributed by atoms with Crippen LogP contribution in [-0.2, 0) is 4.74 Å². The predicted octanol–water partition coefficient (Wildman–Crippen LogP) is 4.80. The molecule has 0 aromatic rings. The van der Waals surface area contributed by atoms with E-state index in [1.165, 1.54) is 50.5 Å². The van der Waals surface area contributed by atoms with Crippen LogP contribution in [0.5, 0.6) is 0 Å². The van der Waals surface area contributed by atoms with E-state index in [1.54, 1.807) is 5.57 Å². The molecule has 0 saturated heterocycles. The molecule has 100 valence electrons. The summed E-state index contributed by atoms with van der Waals surface area (Å²) in [5.41, 5.74) is 3.12. The fourth-order valence-corrected chi connectivity index (χ4v) is 3.27. The third kappa shape index (κ3) is 3.14. The number of ether oxygens (including phenoxy) is 1. The van der Waals surface area contributed by atoms with Gasteiger partial charge < -0.3 is 4.74 Å². The van der Waals surface area contributed by atoms with Crippen molar-refractivity contribution in [2.24, 2.45) is 5.92 Å². The van der Waals surface area contributed by atoms with Gasteiger partial charge in [-0.25, -0.2) is 0 Å². The van der Waals surface area contributed by atoms with Crippen LogP contribution in [0.15, 0.2) is 35.5 Å². The third-order valence-electron chi connectivity index (χ3n) is 4.25. The van der Waals surface area contributed by atoms with Crippen molar-refractivity contribution in [1.82, 2.24) is 0 Å². The molecule has 2 rings (SSSR count).